The van der Waals surface area contributed by atoms with Gasteiger partial charge in [0, 0.05) is 19.4 Å². The van der Waals surface area contributed by atoms with Gasteiger partial charge in [0.25, 0.3) is 0 Å². The fraction of sp³-hybridized carbons (Fsp3) is 0.663. The van der Waals surface area contributed by atoms with Crippen LogP contribution in [-0.2, 0) is 32.7 Å². The van der Waals surface area contributed by atoms with Crippen molar-refractivity contribution in [2.45, 2.75) is 354 Å². The first-order valence-corrected chi connectivity index (χ1v) is 42.1. The van der Waals surface area contributed by atoms with Crippen LogP contribution in [0.1, 0.15) is 348 Å². The van der Waals surface area contributed by atoms with Crippen LogP contribution in [0.2, 0.25) is 0 Å². The van der Waals surface area contributed by atoms with E-state index in [9.17, 15) is 19.0 Å². The van der Waals surface area contributed by atoms with Gasteiger partial charge in [-0.1, -0.05) is 377 Å². The van der Waals surface area contributed by atoms with Crippen LogP contribution >= 0.6 is 7.82 Å². The van der Waals surface area contributed by atoms with Crippen molar-refractivity contribution in [3.8, 4) is 0 Å². The number of phosphoric ester groups is 1. The Morgan fingerprint density at radius 2 is 0.525 bits per heavy atom. The molecule has 10 heteroatoms. The molecule has 2 unspecified atom stereocenters. The molecule has 9 nitrogen and oxygen atoms in total. The molecule has 0 aromatic rings. The summed E-state index contributed by atoms with van der Waals surface area (Å²) < 4.78 is 33.3. The molecule has 0 amide bonds. The summed E-state index contributed by atoms with van der Waals surface area (Å²) in [5.41, 5.74) is 5.42. The van der Waals surface area contributed by atoms with Crippen molar-refractivity contribution in [1.29, 1.82) is 0 Å². The van der Waals surface area contributed by atoms with Crippen LogP contribution in [0.5, 0.6) is 0 Å². The first kappa shape index (κ1) is 94.4. The van der Waals surface area contributed by atoms with E-state index in [4.69, 9.17) is 24.3 Å². The highest BCUT2D eigenvalue weighted by Gasteiger charge is 2.26. The molecular formula is C89H150NO8P. The maximum Gasteiger partial charge on any atom is 0.472 e. The van der Waals surface area contributed by atoms with Gasteiger partial charge in [-0.2, -0.15) is 0 Å². The zero-order chi connectivity index (χ0) is 71.5. The summed E-state index contributed by atoms with van der Waals surface area (Å²) in [5.74, 6) is -0.821. The van der Waals surface area contributed by atoms with E-state index in [-0.39, 0.29) is 38.6 Å². The third-order valence-electron chi connectivity index (χ3n) is 17.1. The van der Waals surface area contributed by atoms with E-state index in [2.05, 4.69) is 184 Å². The Kier molecular flexibility index (Phi) is 78.5. The summed E-state index contributed by atoms with van der Waals surface area (Å²) in [6.45, 7) is 3.54. The number of hydrogen-bond donors (Lipinski definition) is 2. The zero-order valence-electron chi connectivity index (χ0n) is 63.7. The normalized spacial score (nSPS) is 13.8. The molecule has 564 valence electrons. The molecule has 0 saturated heterocycles. The molecule has 99 heavy (non-hydrogen) atoms. The molecule has 0 aliphatic heterocycles. The minimum Gasteiger partial charge on any atom is -0.462 e. The van der Waals surface area contributed by atoms with Crippen molar-refractivity contribution < 1.29 is 37.6 Å². The number of ether oxygens (including phenoxy) is 2. The van der Waals surface area contributed by atoms with Crippen LogP contribution in [0.15, 0.2) is 170 Å². The second kappa shape index (κ2) is 82.3. The summed E-state index contributed by atoms with van der Waals surface area (Å²) in [7, 11) is -4.40. The fourth-order valence-electron chi connectivity index (χ4n) is 11.2. The van der Waals surface area contributed by atoms with E-state index in [0.717, 1.165) is 128 Å². The van der Waals surface area contributed by atoms with E-state index >= 15 is 0 Å². The number of hydrogen-bond acceptors (Lipinski definition) is 8. The molecule has 0 radical (unpaired) electrons. The summed E-state index contributed by atoms with van der Waals surface area (Å²) >= 11 is 0. The average Bonchev–Trinajstić information content (AvgIpc) is 1.19. The van der Waals surface area contributed by atoms with E-state index in [1.807, 2.05) is 0 Å². The van der Waals surface area contributed by atoms with Gasteiger partial charge in [0.2, 0.25) is 0 Å². The number of carbonyl (C=O) groups is 2. The molecule has 3 N–H and O–H groups in total. The van der Waals surface area contributed by atoms with Gasteiger partial charge in [-0.15, -0.1) is 0 Å². The standard InChI is InChI=1S/C89H150NO8P/c1-3-5-7-9-11-13-15-17-19-21-23-25-27-29-31-33-35-37-39-41-42-43-44-46-48-50-52-54-56-58-60-62-64-66-68-70-72-74-76-78-80-82-89(92)98-87(86-97-99(93,94)96-84-83-90)85-95-88(91)81-79-77-75-73-71-69-67-65-63-61-59-57-55-53-51-49-47-45-40-38-36-34-32-30-28-26-24-22-20-18-16-14-12-10-8-6-4-2/h5-8,11-14,17-20,23-26,29-32,35-38,41-42,45,47,87H,3-4,9-10,15-16,21-22,27-28,33-34,39-40,43-44,46,48-86,90H2,1-2H3,(H,93,94)/b7-5-,8-6-,13-11-,14-12-,19-17-,20-18-,25-23-,26-24-,31-29-,32-30-,37-35-,38-36-,42-41-,47-45-. The second-order valence-corrected chi connectivity index (χ2v) is 28.0. The van der Waals surface area contributed by atoms with Crippen molar-refractivity contribution in [3.63, 3.8) is 0 Å². The zero-order valence-corrected chi connectivity index (χ0v) is 64.6. The number of phosphoric acid groups is 1. The van der Waals surface area contributed by atoms with Gasteiger partial charge in [0.1, 0.15) is 6.61 Å². The topological polar surface area (TPSA) is 134 Å². The van der Waals surface area contributed by atoms with Crippen LogP contribution < -0.4 is 5.73 Å². The largest absolute Gasteiger partial charge is 0.472 e. The average molecular weight is 1390 g/mol. The summed E-state index contributed by atoms with van der Waals surface area (Å²) in [6.07, 6.45) is 122. The second-order valence-electron chi connectivity index (χ2n) is 26.5. The van der Waals surface area contributed by atoms with E-state index in [1.54, 1.807) is 0 Å². The molecule has 0 spiro atoms. The predicted octanol–water partition coefficient (Wildman–Crippen LogP) is 27.6. The van der Waals surface area contributed by atoms with Crippen LogP contribution in [0, 0.1) is 0 Å². The molecule has 0 rings (SSSR count). The van der Waals surface area contributed by atoms with Crippen LogP contribution in [0.3, 0.4) is 0 Å². The van der Waals surface area contributed by atoms with Gasteiger partial charge in [-0.3, -0.25) is 18.6 Å². The predicted molar refractivity (Wildman–Crippen MR) is 431 cm³/mol. The number of rotatable bonds is 75. The quantitative estimate of drug-likeness (QED) is 0.0264. The Morgan fingerprint density at radius 1 is 0.303 bits per heavy atom. The van der Waals surface area contributed by atoms with Crippen molar-refractivity contribution in [1.82, 2.24) is 0 Å². The van der Waals surface area contributed by atoms with E-state index in [0.29, 0.717) is 6.42 Å². The lowest BCUT2D eigenvalue weighted by atomic mass is 10.0. The Hall–Kier alpha value is -4.63. The third-order valence-corrected chi connectivity index (χ3v) is 18.1. The van der Waals surface area contributed by atoms with Gasteiger partial charge >= 0.3 is 19.8 Å². The number of allylic oxidation sites excluding steroid dienone is 28. The monoisotopic (exact) mass is 1390 g/mol. The molecular weight excluding hydrogens is 1240 g/mol. The van der Waals surface area contributed by atoms with Crippen LogP contribution in [-0.4, -0.2) is 49.3 Å². The highest BCUT2D eigenvalue weighted by atomic mass is 31.2. The molecule has 0 fully saturated rings. The van der Waals surface area contributed by atoms with Gasteiger partial charge in [-0.25, -0.2) is 4.57 Å². The lowest BCUT2D eigenvalue weighted by molar-refractivity contribution is -0.161. The van der Waals surface area contributed by atoms with Crippen LogP contribution in [0.4, 0.5) is 0 Å². The summed E-state index contributed by atoms with van der Waals surface area (Å²) in [5, 5.41) is 0. The van der Waals surface area contributed by atoms with Gasteiger partial charge in [0.05, 0.1) is 13.2 Å². The van der Waals surface area contributed by atoms with E-state index in [1.165, 1.54) is 186 Å². The Balaban J connectivity index is 3.83. The van der Waals surface area contributed by atoms with Crippen molar-refractivity contribution in [2.75, 3.05) is 26.4 Å². The van der Waals surface area contributed by atoms with Crippen LogP contribution in [0.25, 0.3) is 0 Å². The maximum atomic E-state index is 12.8. The number of unbranched alkanes of at least 4 members (excludes halogenated alkanes) is 34. The molecule has 0 aliphatic carbocycles. The number of esters is 2. The van der Waals surface area contributed by atoms with Gasteiger partial charge in [0.15, 0.2) is 6.10 Å². The fourth-order valence-corrected chi connectivity index (χ4v) is 12.0. The molecule has 0 aromatic carbocycles. The molecule has 0 heterocycles. The Morgan fingerprint density at radius 3 is 0.778 bits per heavy atom. The van der Waals surface area contributed by atoms with Crippen molar-refractivity contribution >= 4 is 19.8 Å². The molecule has 0 saturated carbocycles. The van der Waals surface area contributed by atoms with Gasteiger partial charge in [-0.05, 0) is 128 Å². The highest BCUT2D eigenvalue weighted by molar-refractivity contribution is 7.47. The smallest absolute Gasteiger partial charge is 0.462 e. The Labute approximate surface area is 610 Å². The molecule has 0 aliphatic rings. The first-order chi connectivity index (χ1) is 48.8. The first-order valence-electron chi connectivity index (χ1n) is 40.6. The highest BCUT2D eigenvalue weighted by Crippen LogP contribution is 2.43. The lowest BCUT2D eigenvalue weighted by Crippen LogP contribution is -2.29. The molecule has 0 bridgehead atoms. The van der Waals surface area contributed by atoms with Crippen molar-refractivity contribution in [3.05, 3.63) is 170 Å². The summed E-state index contributed by atoms with van der Waals surface area (Å²) in [6, 6.07) is 0. The number of carbonyl (C=O) groups excluding carboxylic acids is 2. The van der Waals surface area contributed by atoms with Crippen molar-refractivity contribution in [2.24, 2.45) is 5.73 Å². The maximum absolute atomic E-state index is 12.8. The minimum atomic E-state index is -4.40. The van der Waals surface area contributed by atoms with E-state index < -0.39 is 26.5 Å². The molecule has 2 atom stereocenters. The SMILES string of the molecule is CC/C=C\C/C=C\C/C=C\C/C=C\C/C=C\C/C=C\C/C=C\CCCCCCCCCCCCCCCCCCCCCC(=O)OC(COC(=O)CCCCCCCCCCCCCCCCC/C=C\C/C=C\C/C=C\C/C=C\C/C=C\C/C=C\C/C=C\CC)COP(=O)(O)OCCN. The number of nitrogens with two attached hydrogens (primary N) is 1. The Bertz CT molecular complexity index is 2240. The molecule has 0 aromatic heterocycles. The summed E-state index contributed by atoms with van der Waals surface area (Å²) in [4.78, 5) is 35.5. The third kappa shape index (κ3) is 82.2. The minimum absolute atomic E-state index is 0.0491. The van der Waals surface area contributed by atoms with Gasteiger partial charge < -0.3 is 20.1 Å². The lowest BCUT2D eigenvalue weighted by Gasteiger charge is -2.19.